The van der Waals surface area contributed by atoms with Crippen molar-refractivity contribution in [2.24, 2.45) is 17.8 Å². The summed E-state index contributed by atoms with van der Waals surface area (Å²) in [5.74, 6) is 0.109. The number of hydrogen-bond acceptors (Lipinski definition) is 5. The summed E-state index contributed by atoms with van der Waals surface area (Å²) in [5.41, 5.74) is 0.321. The molecule has 0 unspecified atom stereocenters. The van der Waals surface area contributed by atoms with E-state index in [0.717, 1.165) is 6.42 Å². The Labute approximate surface area is 109 Å². The van der Waals surface area contributed by atoms with Gasteiger partial charge in [0.1, 0.15) is 6.10 Å². The van der Waals surface area contributed by atoms with Crippen LogP contribution in [0.4, 0.5) is 0 Å². The van der Waals surface area contributed by atoms with E-state index < -0.39 is 6.10 Å². The fourth-order valence-corrected chi connectivity index (χ4v) is 4.15. The summed E-state index contributed by atoms with van der Waals surface area (Å²) in [7, 11) is 0. The Morgan fingerprint density at radius 1 is 1.53 bits per heavy atom. The van der Waals surface area contributed by atoms with Gasteiger partial charge in [0, 0.05) is 36.1 Å². The monoisotopic (exact) mass is 264 g/mol. The van der Waals surface area contributed by atoms with E-state index in [4.69, 9.17) is 4.74 Å². The summed E-state index contributed by atoms with van der Waals surface area (Å²) in [4.78, 5) is 15.5. The lowest BCUT2D eigenvalue weighted by Gasteiger charge is -2.33. The number of aliphatic hydroxyl groups excluding tert-OH is 2. The van der Waals surface area contributed by atoms with Crippen LogP contribution in [-0.4, -0.2) is 38.6 Å². The highest BCUT2D eigenvalue weighted by atomic mass is 16.5. The standard InChI is InChI=1S/C13H16N2O4/c1-5-3-15-9-7-2-6(8(4-16)10(7)17)11(9)19-13(15)14-12(5)18/h3,6-11,16-17H,2,4H2,1H3/t6-,7-,8-,9-,10-,11-/m1/s1. The van der Waals surface area contributed by atoms with Gasteiger partial charge in [-0.25, -0.2) is 0 Å². The van der Waals surface area contributed by atoms with Gasteiger partial charge < -0.3 is 14.9 Å². The molecule has 0 spiro atoms. The smallest absolute Gasteiger partial charge is 0.300 e. The van der Waals surface area contributed by atoms with Gasteiger partial charge in [-0.05, 0) is 13.3 Å². The van der Waals surface area contributed by atoms with Crippen molar-refractivity contribution in [3.63, 3.8) is 0 Å². The molecule has 1 aliphatic heterocycles. The molecule has 2 N–H and O–H groups in total. The molecule has 1 aromatic rings. The zero-order valence-electron chi connectivity index (χ0n) is 10.6. The third-order valence-electron chi connectivity index (χ3n) is 5.03. The third-order valence-corrected chi connectivity index (χ3v) is 5.03. The number of rotatable bonds is 1. The van der Waals surface area contributed by atoms with E-state index in [9.17, 15) is 15.0 Å². The number of ether oxygens (including phenoxy) is 1. The van der Waals surface area contributed by atoms with Crippen molar-refractivity contribution in [3.05, 3.63) is 22.1 Å². The molecular weight excluding hydrogens is 248 g/mol. The van der Waals surface area contributed by atoms with Crippen molar-refractivity contribution in [2.45, 2.75) is 31.6 Å². The Bertz CT molecular complexity index is 599. The minimum absolute atomic E-state index is 0.0187. The highest BCUT2D eigenvalue weighted by Crippen LogP contribution is 2.57. The average Bonchev–Trinajstić information content (AvgIpc) is 2.99. The normalized spacial score (nSPS) is 42.1. The molecule has 6 atom stereocenters. The van der Waals surface area contributed by atoms with Gasteiger partial charge in [0.25, 0.3) is 11.6 Å². The summed E-state index contributed by atoms with van der Waals surface area (Å²) < 4.78 is 7.70. The van der Waals surface area contributed by atoms with Crippen LogP contribution in [0, 0.1) is 24.7 Å². The number of aryl methyl sites for hydroxylation is 1. The lowest BCUT2D eigenvalue weighted by molar-refractivity contribution is -0.0247. The fourth-order valence-electron chi connectivity index (χ4n) is 4.15. The van der Waals surface area contributed by atoms with Crippen molar-refractivity contribution in [3.8, 4) is 6.01 Å². The van der Waals surface area contributed by atoms with Gasteiger partial charge in [0.15, 0.2) is 0 Å². The Morgan fingerprint density at radius 3 is 3.05 bits per heavy atom. The maximum atomic E-state index is 11.6. The lowest BCUT2D eigenvalue weighted by atomic mass is 9.82. The molecule has 2 bridgehead atoms. The topological polar surface area (TPSA) is 84.6 Å². The molecule has 0 saturated heterocycles. The molecule has 6 nitrogen and oxygen atoms in total. The van der Waals surface area contributed by atoms with Gasteiger partial charge in [-0.15, -0.1) is 0 Å². The largest absolute Gasteiger partial charge is 0.459 e. The van der Waals surface area contributed by atoms with E-state index in [1.54, 1.807) is 13.1 Å². The van der Waals surface area contributed by atoms with E-state index in [-0.39, 0.29) is 42.1 Å². The van der Waals surface area contributed by atoms with Gasteiger partial charge in [0.2, 0.25) is 0 Å². The van der Waals surface area contributed by atoms with Crippen LogP contribution in [0.1, 0.15) is 18.0 Å². The summed E-state index contributed by atoms with van der Waals surface area (Å²) in [6.45, 7) is 1.71. The maximum Gasteiger partial charge on any atom is 0.300 e. The van der Waals surface area contributed by atoms with Gasteiger partial charge in [-0.1, -0.05) is 0 Å². The lowest BCUT2D eigenvalue weighted by Crippen LogP contribution is -2.42. The first-order valence-corrected chi connectivity index (χ1v) is 6.67. The first kappa shape index (κ1) is 11.4. The zero-order chi connectivity index (χ0) is 13.3. The number of aromatic nitrogens is 2. The first-order valence-electron chi connectivity index (χ1n) is 6.67. The summed E-state index contributed by atoms with van der Waals surface area (Å²) in [5, 5.41) is 19.7. The van der Waals surface area contributed by atoms with Gasteiger partial charge in [-0.3, -0.25) is 9.36 Å². The summed E-state index contributed by atoms with van der Waals surface area (Å²) >= 11 is 0. The first-order chi connectivity index (χ1) is 9.11. The Kier molecular flexibility index (Phi) is 2.15. The molecule has 19 heavy (non-hydrogen) atoms. The number of nitrogens with zero attached hydrogens (tertiary/aromatic N) is 2. The molecule has 2 aliphatic carbocycles. The van der Waals surface area contributed by atoms with Crippen LogP contribution >= 0.6 is 0 Å². The molecule has 2 fully saturated rings. The Balaban J connectivity index is 1.79. The highest BCUT2D eigenvalue weighted by Gasteiger charge is 2.62. The van der Waals surface area contributed by atoms with Crippen LogP contribution < -0.4 is 10.3 Å². The zero-order valence-corrected chi connectivity index (χ0v) is 10.6. The molecule has 0 aromatic carbocycles. The molecule has 0 radical (unpaired) electrons. The molecule has 2 saturated carbocycles. The molecule has 2 heterocycles. The van der Waals surface area contributed by atoms with Crippen molar-refractivity contribution in [1.29, 1.82) is 0 Å². The summed E-state index contributed by atoms with van der Waals surface area (Å²) in [6.07, 6.45) is 2.08. The van der Waals surface area contributed by atoms with Crippen LogP contribution in [0.5, 0.6) is 6.01 Å². The van der Waals surface area contributed by atoms with E-state index in [1.807, 2.05) is 4.57 Å². The third kappa shape index (κ3) is 1.28. The Morgan fingerprint density at radius 2 is 2.32 bits per heavy atom. The number of hydrogen-bond donors (Lipinski definition) is 2. The minimum Gasteiger partial charge on any atom is -0.459 e. The van der Waals surface area contributed by atoms with Crippen molar-refractivity contribution in [1.82, 2.24) is 9.55 Å². The van der Waals surface area contributed by atoms with E-state index in [2.05, 4.69) is 4.98 Å². The summed E-state index contributed by atoms with van der Waals surface area (Å²) in [6, 6.07) is 0.399. The number of fused-ring (bicyclic) bond motifs is 7. The SMILES string of the molecule is Cc1cn2c(nc1=O)O[C@@H]1[C@@H]3C[C@@H]([C@@H](O)[C@@H]3CO)[C@H]12. The molecule has 3 aliphatic rings. The fraction of sp³-hybridized carbons (Fsp3) is 0.692. The second kappa shape index (κ2) is 3.58. The van der Waals surface area contributed by atoms with E-state index >= 15 is 0 Å². The van der Waals surface area contributed by atoms with Crippen molar-refractivity contribution < 1.29 is 14.9 Å². The van der Waals surface area contributed by atoms with Crippen molar-refractivity contribution in [2.75, 3.05) is 6.61 Å². The molecular formula is C13H16N2O4. The second-order valence-corrected chi connectivity index (χ2v) is 5.89. The number of aliphatic hydroxyl groups is 2. The van der Waals surface area contributed by atoms with E-state index in [1.165, 1.54) is 0 Å². The van der Waals surface area contributed by atoms with Crippen LogP contribution in [0.25, 0.3) is 0 Å². The van der Waals surface area contributed by atoms with Gasteiger partial charge >= 0.3 is 0 Å². The minimum atomic E-state index is -0.495. The van der Waals surface area contributed by atoms with Crippen LogP contribution in [0.2, 0.25) is 0 Å². The van der Waals surface area contributed by atoms with Crippen LogP contribution in [0.3, 0.4) is 0 Å². The van der Waals surface area contributed by atoms with E-state index in [0.29, 0.717) is 11.6 Å². The predicted octanol–water partition coefficient (Wildman–Crippen LogP) is -0.527. The molecule has 0 amide bonds. The quantitative estimate of drug-likeness (QED) is 0.712. The maximum absolute atomic E-state index is 11.6. The van der Waals surface area contributed by atoms with Gasteiger partial charge in [-0.2, -0.15) is 4.98 Å². The molecule has 6 heteroatoms. The molecule has 102 valence electrons. The van der Waals surface area contributed by atoms with Gasteiger partial charge in [0.05, 0.1) is 12.1 Å². The second-order valence-electron chi connectivity index (χ2n) is 5.89. The Hall–Kier alpha value is -1.40. The highest BCUT2D eigenvalue weighted by molar-refractivity contribution is 5.21. The molecule has 4 rings (SSSR count). The predicted molar refractivity (Wildman–Crippen MR) is 64.9 cm³/mol. The van der Waals surface area contributed by atoms with Crippen LogP contribution in [-0.2, 0) is 0 Å². The van der Waals surface area contributed by atoms with Crippen LogP contribution in [0.15, 0.2) is 11.0 Å². The average molecular weight is 264 g/mol. The molecule has 1 aromatic heterocycles. The van der Waals surface area contributed by atoms with Crippen molar-refractivity contribution >= 4 is 0 Å².